The van der Waals surface area contributed by atoms with Gasteiger partial charge < -0.3 is 20.4 Å². The summed E-state index contributed by atoms with van der Waals surface area (Å²) in [6.45, 7) is 0.206. The Morgan fingerprint density at radius 1 is 1.38 bits per heavy atom. The fourth-order valence-electron chi connectivity index (χ4n) is 1.09. The van der Waals surface area contributed by atoms with Crippen molar-refractivity contribution >= 4 is 7.85 Å². The van der Waals surface area contributed by atoms with Gasteiger partial charge in [0.25, 0.3) is 0 Å². The van der Waals surface area contributed by atoms with Crippen LogP contribution in [0.2, 0.25) is 0 Å². The van der Waals surface area contributed by atoms with Crippen molar-refractivity contribution in [2.45, 2.75) is 31.4 Å². The van der Waals surface area contributed by atoms with Crippen LogP contribution in [0.25, 0.3) is 0 Å². The standard InChI is InChI=1S/C6H11BO2.CH4O.H2O.Y/c7-6-2-1-5(9-6)3-4-8;1-2;;/h5-6,8H,1-4H2;2H,1H3;1H2;. The molecule has 0 aromatic carbocycles. The Morgan fingerprint density at radius 2 is 1.92 bits per heavy atom. The van der Waals surface area contributed by atoms with Crippen molar-refractivity contribution < 1.29 is 53.1 Å². The van der Waals surface area contributed by atoms with Crippen molar-refractivity contribution in [1.29, 1.82) is 0 Å². The van der Waals surface area contributed by atoms with E-state index in [4.69, 9.17) is 22.8 Å². The first-order chi connectivity index (χ1) is 5.33. The van der Waals surface area contributed by atoms with E-state index in [1.807, 2.05) is 0 Å². The van der Waals surface area contributed by atoms with E-state index in [1.54, 1.807) is 0 Å². The molecule has 0 bridgehead atoms. The maximum atomic E-state index is 8.49. The monoisotopic (exact) mass is 265 g/mol. The van der Waals surface area contributed by atoms with Gasteiger partial charge in [-0.15, -0.1) is 0 Å². The Labute approximate surface area is 106 Å². The molecular formula is C7H17BO4Y. The SMILES string of the molecule is CO.O.[B]C1CCC(CCO)O1.[Y]. The molecule has 6 heteroatoms. The summed E-state index contributed by atoms with van der Waals surface area (Å²) >= 11 is 0. The van der Waals surface area contributed by atoms with Crippen LogP contribution in [0.1, 0.15) is 19.3 Å². The number of aliphatic hydroxyl groups excluding tert-OH is 2. The molecule has 3 radical (unpaired) electrons. The third-order valence-electron chi connectivity index (χ3n) is 1.59. The second kappa shape index (κ2) is 13.0. The predicted molar refractivity (Wildman–Crippen MR) is 47.1 cm³/mol. The molecule has 0 saturated carbocycles. The van der Waals surface area contributed by atoms with Gasteiger partial charge in [-0.25, -0.2) is 0 Å². The molecule has 0 aliphatic carbocycles. The van der Waals surface area contributed by atoms with E-state index >= 15 is 0 Å². The van der Waals surface area contributed by atoms with Crippen LogP contribution in [0.3, 0.4) is 0 Å². The summed E-state index contributed by atoms with van der Waals surface area (Å²) in [7, 11) is 6.45. The number of rotatable bonds is 2. The van der Waals surface area contributed by atoms with E-state index in [-0.39, 0.29) is 56.9 Å². The first kappa shape index (κ1) is 19.6. The summed E-state index contributed by atoms with van der Waals surface area (Å²) in [5.74, 6) is 0. The minimum absolute atomic E-state index is 0. The van der Waals surface area contributed by atoms with Crippen molar-refractivity contribution in [3.8, 4) is 0 Å². The largest absolute Gasteiger partial charge is 0.412 e. The van der Waals surface area contributed by atoms with Gasteiger partial charge in [-0.2, -0.15) is 0 Å². The molecule has 4 N–H and O–H groups in total. The zero-order valence-corrected chi connectivity index (χ0v) is 10.8. The molecule has 2 unspecified atom stereocenters. The summed E-state index contributed by atoms with van der Waals surface area (Å²) in [5, 5.41) is 15.5. The number of hydrogen-bond donors (Lipinski definition) is 2. The molecule has 1 heterocycles. The first-order valence-corrected chi connectivity index (χ1v) is 3.79. The normalized spacial score (nSPS) is 24.8. The summed E-state index contributed by atoms with van der Waals surface area (Å²) in [4.78, 5) is 0. The van der Waals surface area contributed by atoms with Gasteiger partial charge >= 0.3 is 0 Å². The average Bonchev–Trinajstić information content (AvgIpc) is 2.41. The summed E-state index contributed by atoms with van der Waals surface area (Å²) in [6, 6.07) is -0.0819. The van der Waals surface area contributed by atoms with Gasteiger partial charge in [0.15, 0.2) is 0 Å². The Bertz CT molecular complexity index is 94.6. The summed E-state index contributed by atoms with van der Waals surface area (Å²) < 4.78 is 5.22. The van der Waals surface area contributed by atoms with Crippen LogP contribution in [0.4, 0.5) is 0 Å². The Hall–Kier alpha value is 1.01. The Balaban J connectivity index is -0.000000234. The minimum Gasteiger partial charge on any atom is -0.412 e. The molecule has 2 atom stereocenters. The van der Waals surface area contributed by atoms with Crippen molar-refractivity contribution in [2.24, 2.45) is 0 Å². The second-order valence-corrected chi connectivity index (χ2v) is 2.39. The zero-order valence-electron chi connectivity index (χ0n) is 7.94. The summed E-state index contributed by atoms with van der Waals surface area (Å²) in [6.07, 6.45) is 2.88. The fourth-order valence-corrected chi connectivity index (χ4v) is 1.09. The van der Waals surface area contributed by atoms with Crippen molar-refractivity contribution in [3.63, 3.8) is 0 Å². The van der Waals surface area contributed by atoms with Gasteiger partial charge in [0.1, 0.15) is 7.85 Å². The van der Waals surface area contributed by atoms with E-state index in [1.165, 1.54) is 0 Å². The zero-order chi connectivity index (χ0) is 8.69. The molecule has 0 amide bonds. The number of aliphatic hydroxyl groups is 2. The Kier molecular flexibility index (Phi) is 19.6. The minimum atomic E-state index is -0.0819. The van der Waals surface area contributed by atoms with Crippen LogP contribution >= 0.6 is 0 Å². The average molecular weight is 265 g/mol. The van der Waals surface area contributed by atoms with Crippen LogP contribution < -0.4 is 0 Å². The van der Waals surface area contributed by atoms with Gasteiger partial charge in [-0.3, -0.25) is 0 Å². The topological polar surface area (TPSA) is 81.2 Å². The maximum absolute atomic E-state index is 8.49. The summed E-state index contributed by atoms with van der Waals surface area (Å²) in [5.41, 5.74) is 0. The molecule has 4 nitrogen and oxygen atoms in total. The molecule has 1 saturated heterocycles. The van der Waals surface area contributed by atoms with Crippen LogP contribution in [-0.4, -0.2) is 49.4 Å². The van der Waals surface area contributed by atoms with Gasteiger partial charge in [-0.05, 0) is 19.3 Å². The molecule has 1 rings (SSSR count). The van der Waals surface area contributed by atoms with E-state index in [9.17, 15) is 0 Å². The number of hydrogen-bond acceptors (Lipinski definition) is 3. The van der Waals surface area contributed by atoms with E-state index in [0.717, 1.165) is 26.4 Å². The first-order valence-electron chi connectivity index (χ1n) is 3.79. The van der Waals surface area contributed by atoms with Gasteiger partial charge in [0, 0.05) is 52.4 Å². The molecule has 0 spiro atoms. The molecule has 1 fully saturated rings. The number of ether oxygens (including phenoxy) is 1. The van der Waals surface area contributed by atoms with Crippen molar-refractivity contribution in [3.05, 3.63) is 0 Å². The third-order valence-corrected chi connectivity index (χ3v) is 1.59. The molecule has 0 aromatic rings. The van der Waals surface area contributed by atoms with Gasteiger partial charge in [-0.1, -0.05) is 0 Å². The molecule has 1 aliphatic rings. The maximum Gasteiger partial charge on any atom is 0.109 e. The molecule has 75 valence electrons. The van der Waals surface area contributed by atoms with E-state index in [2.05, 4.69) is 0 Å². The van der Waals surface area contributed by atoms with E-state index < -0.39 is 0 Å². The molecule has 1 aliphatic heterocycles. The van der Waals surface area contributed by atoms with Gasteiger partial charge in [0.2, 0.25) is 0 Å². The fraction of sp³-hybridized carbons (Fsp3) is 1.00. The van der Waals surface area contributed by atoms with Crippen LogP contribution in [-0.2, 0) is 37.4 Å². The van der Waals surface area contributed by atoms with Crippen molar-refractivity contribution in [1.82, 2.24) is 0 Å². The van der Waals surface area contributed by atoms with Crippen molar-refractivity contribution in [2.75, 3.05) is 13.7 Å². The predicted octanol–water partition coefficient (Wildman–Crippen LogP) is -1.18. The molecule has 0 aromatic heterocycles. The van der Waals surface area contributed by atoms with Crippen LogP contribution in [0.15, 0.2) is 0 Å². The molecular weight excluding hydrogens is 248 g/mol. The van der Waals surface area contributed by atoms with Crippen LogP contribution in [0.5, 0.6) is 0 Å². The van der Waals surface area contributed by atoms with Crippen LogP contribution in [0, 0.1) is 0 Å². The quantitative estimate of drug-likeness (QED) is 0.617. The van der Waals surface area contributed by atoms with Gasteiger partial charge in [0.05, 0.1) is 6.10 Å². The third kappa shape index (κ3) is 9.32. The molecule has 13 heavy (non-hydrogen) atoms. The smallest absolute Gasteiger partial charge is 0.109 e. The van der Waals surface area contributed by atoms with E-state index in [0.29, 0.717) is 0 Å². The Morgan fingerprint density at radius 3 is 2.23 bits per heavy atom. The second-order valence-electron chi connectivity index (χ2n) is 2.39.